The molecule has 0 saturated heterocycles. The molecule has 0 bridgehead atoms. The third-order valence-electron chi connectivity index (χ3n) is 4.87. The van der Waals surface area contributed by atoms with Crippen molar-refractivity contribution >= 4 is 29.0 Å². The van der Waals surface area contributed by atoms with Crippen LogP contribution >= 0.6 is 23.2 Å². The quantitative estimate of drug-likeness (QED) is 0.320. The molecule has 142 valence electrons. The van der Waals surface area contributed by atoms with Crippen molar-refractivity contribution in [2.75, 3.05) is 7.11 Å². The molecule has 0 aliphatic rings. The summed E-state index contributed by atoms with van der Waals surface area (Å²) in [5, 5.41) is 0.863. The number of methoxy groups -OCH3 is 1. The molecule has 2 atom stereocenters. The topological polar surface area (TPSA) is 26.3 Å². The highest BCUT2D eigenvalue weighted by molar-refractivity contribution is 6.42. The Morgan fingerprint density at radius 3 is 2.11 bits per heavy atom. The van der Waals surface area contributed by atoms with Crippen molar-refractivity contribution in [2.24, 2.45) is 0 Å². The fourth-order valence-electron chi connectivity index (χ4n) is 3.52. The van der Waals surface area contributed by atoms with Crippen LogP contribution in [0.1, 0.15) is 27.4 Å². The van der Waals surface area contributed by atoms with Crippen LogP contribution in [0.15, 0.2) is 91.5 Å². The molecule has 28 heavy (non-hydrogen) atoms. The van der Waals surface area contributed by atoms with E-state index < -0.39 is 11.5 Å². The minimum Gasteiger partial charge on any atom is -0.364 e. The van der Waals surface area contributed by atoms with Crippen LogP contribution in [0.3, 0.4) is 0 Å². The van der Waals surface area contributed by atoms with Gasteiger partial charge >= 0.3 is 0 Å². The maximum absolute atomic E-state index is 13.8. The van der Waals surface area contributed by atoms with Gasteiger partial charge in [0.05, 0.1) is 10.0 Å². The smallest absolute Gasteiger partial charge is 0.200 e. The Kier molecular flexibility index (Phi) is 6.35. The largest absolute Gasteiger partial charge is 0.364 e. The number of halogens is 2. The number of hydrogen-bond acceptors (Lipinski definition) is 2. The summed E-state index contributed by atoms with van der Waals surface area (Å²) in [5.74, 6) is -0.639. The molecule has 2 nitrogen and oxygen atoms in total. The lowest BCUT2D eigenvalue weighted by Crippen LogP contribution is -2.43. The second-order valence-electron chi connectivity index (χ2n) is 6.39. The molecular formula is C24H20Cl2O2. The first-order valence-corrected chi connectivity index (χ1v) is 9.58. The summed E-state index contributed by atoms with van der Waals surface area (Å²) in [7, 11) is 1.54. The molecule has 0 aliphatic heterocycles. The molecular weight excluding hydrogens is 391 g/mol. The normalized spacial score (nSPS) is 14.1. The van der Waals surface area contributed by atoms with Crippen LogP contribution in [0.5, 0.6) is 0 Å². The lowest BCUT2D eigenvalue weighted by Gasteiger charge is -2.38. The highest BCUT2D eigenvalue weighted by atomic mass is 35.5. The molecule has 3 rings (SSSR count). The van der Waals surface area contributed by atoms with Crippen molar-refractivity contribution in [1.82, 2.24) is 0 Å². The van der Waals surface area contributed by atoms with E-state index >= 15 is 0 Å². The number of benzene rings is 3. The second-order valence-corrected chi connectivity index (χ2v) is 7.20. The maximum Gasteiger partial charge on any atom is 0.200 e. The standard InChI is InChI=1S/C24H20Cl2O2/c1-3-20(18-14-15-21(25)22(26)16-18)24(28-2,19-12-8-5-9-13-19)23(27)17-10-6-4-7-11-17/h3-16,20H,1H2,2H3/t20-,24+/m1/s1. The van der Waals surface area contributed by atoms with Crippen molar-refractivity contribution in [2.45, 2.75) is 11.5 Å². The summed E-state index contributed by atoms with van der Waals surface area (Å²) in [6, 6.07) is 23.9. The number of carbonyl (C=O) groups excluding carboxylic acids is 1. The zero-order valence-corrected chi connectivity index (χ0v) is 17.0. The van der Waals surface area contributed by atoms with Gasteiger partial charge in [-0.3, -0.25) is 4.79 Å². The first-order chi connectivity index (χ1) is 13.5. The van der Waals surface area contributed by atoms with Gasteiger partial charge in [0.15, 0.2) is 11.4 Å². The van der Waals surface area contributed by atoms with E-state index in [9.17, 15) is 4.79 Å². The Bertz CT molecular complexity index is 970. The molecule has 0 radical (unpaired) electrons. The average Bonchev–Trinajstić information content (AvgIpc) is 2.75. The lowest BCUT2D eigenvalue weighted by molar-refractivity contribution is -0.00993. The van der Waals surface area contributed by atoms with E-state index in [1.165, 1.54) is 0 Å². The van der Waals surface area contributed by atoms with Crippen LogP contribution in [-0.2, 0) is 10.3 Å². The Morgan fingerprint density at radius 2 is 1.57 bits per heavy atom. The minimum absolute atomic E-state index is 0.155. The van der Waals surface area contributed by atoms with Crippen LogP contribution in [0.2, 0.25) is 10.0 Å². The summed E-state index contributed by atoms with van der Waals surface area (Å²) in [5.41, 5.74) is 0.781. The number of ketones is 1. The summed E-state index contributed by atoms with van der Waals surface area (Å²) < 4.78 is 6.02. The second kappa shape index (κ2) is 8.74. The molecule has 0 N–H and O–H groups in total. The zero-order chi connectivity index (χ0) is 20.1. The van der Waals surface area contributed by atoms with Crippen LogP contribution < -0.4 is 0 Å². The Labute approximate surface area is 175 Å². The first kappa shape index (κ1) is 20.3. The van der Waals surface area contributed by atoms with Crippen LogP contribution in [-0.4, -0.2) is 12.9 Å². The summed E-state index contributed by atoms with van der Waals surface area (Å²) in [4.78, 5) is 13.8. The average molecular weight is 411 g/mol. The highest BCUT2D eigenvalue weighted by Gasteiger charge is 2.47. The molecule has 4 heteroatoms. The van der Waals surface area contributed by atoms with Crippen LogP contribution in [0.25, 0.3) is 0 Å². The van der Waals surface area contributed by atoms with Gasteiger partial charge in [0.1, 0.15) is 0 Å². The number of ether oxygens (including phenoxy) is 1. The van der Waals surface area contributed by atoms with Gasteiger partial charge in [-0.05, 0) is 23.3 Å². The third-order valence-corrected chi connectivity index (χ3v) is 5.61. The van der Waals surface area contributed by atoms with E-state index in [1.807, 2.05) is 54.6 Å². The molecule has 0 fully saturated rings. The van der Waals surface area contributed by atoms with Gasteiger partial charge in [-0.15, -0.1) is 6.58 Å². The fourth-order valence-corrected chi connectivity index (χ4v) is 3.83. The summed E-state index contributed by atoms with van der Waals surface area (Å²) in [6.45, 7) is 4.00. The molecule has 0 aromatic heterocycles. The molecule has 0 spiro atoms. The first-order valence-electron chi connectivity index (χ1n) is 8.82. The van der Waals surface area contributed by atoms with Gasteiger partial charge < -0.3 is 4.74 Å². The maximum atomic E-state index is 13.8. The molecule has 0 aliphatic carbocycles. The Balaban J connectivity index is 2.26. The number of rotatable bonds is 7. The van der Waals surface area contributed by atoms with Crippen LogP contribution in [0, 0.1) is 0 Å². The zero-order valence-electron chi connectivity index (χ0n) is 15.4. The lowest BCUT2D eigenvalue weighted by atomic mass is 9.72. The predicted molar refractivity (Wildman–Crippen MR) is 115 cm³/mol. The highest BCUT2D eigenvalue weighted by Crippen LogP contribution is 2.44. The van der Waals surface area contributed by atoms with Gasteiger partial charge in [-0.25, -0.2) is 0 Å². The van der Waals surface area contributed by atoms with E-state index in [1.54, 1.807) is 37.5 Å². The van der Waals surface area contributed by atoms with Crippen molar-refractivity contribution in [3.63, 3.8) is 0 Å². The third kappa shape index (κ3) is 3.64. The van der Waals surface area contributed by atoms with Crippen molar-refractivity contribution < 1.29 is 9.53 Å². The fraction of sp³-hybridized carbons (Fsp3) is 0.125. The molecule has 0 unspecified atom stereocenters. The van der Waals surface area contributed by atoms with Gasteiger partial charge in [0.2, 0.25) is 0 Å². The molecule has 3 aromatic rings. The summed E-state index contributed by atoms with van der Waals surface area (Å²) >= 11 is 12.4. The molecule has 0 heterocycles. The van der Waals surface area contributed by atoms with Gasteiger partial charge in [0.25, 0.3) is 0 Å². The van der Waals surface area contributed by atoms with E-state index in [0.717, 1.165) is 11.1 Å². The van der Waals surface area contributed by atoms with E-state index in [2.05, 4.69) is 6.58 Å². The van der Waals surface area contributed by atoms with E-state index in [4.69, 9.17) is 27.9 Å². The molecule has 0 amide bonds. The molecule has 3 aromatic carbocycles. The number of Topliss-reactive ketones (excluding diaryl/α,β-unsaturated/α-hetero) is 1. The molecule has 0 saturated carbocycles. The van der Waals surface area contributed by atoms with Crippen molar-refractivity contribution in [3.05, 3.63) is 118 Å². The Hall–Kier alpha value is -2.39. The van der Waals surface area contributed by atoms with Gasteiger partial charge in [0, 0.05) is 18.6 Å². The van der Waals surface area contributed by atoms with Crippen molar-refractivity contribution in [3.8, 4) is 0 Å². The minimum atomic E-state index is -1.30. The predicted octanol–water partition coefficient (Wildman–Crippen LogP) is 6.69. The van der Waals surface area contributed by atoms with Gasteiger partial charge in [-0.2, -0.15) is 0 Å². The number of carbonyl (C=O) groups is 1. The monoisotopic (exact) mass is 410 g/mol. The van der Waals surface area contributed by atoms with E-state index in [-0.39, 0.29) is 5.78 Å². The summed E-state index contributed by atoms with van der Waals surface area (Å²) in [6.07, 6.45) is 1.72. The SMILES string of the molecule is C=C[C@H](c1ccc(Cl)c(Cl)c1)[C@](OC)(C(=O)c1ccccc1)c1ccccc1. The van der Waals surface area contributed by atoms with E-state index in [0.29, 0.717) is 15.6 Å². The number of hydrogen-bond donors (Lipinski definition) is 0. The Morgan fingerprint density at radius 1 is 0.964 bits per heavy atom. The van der Waals surface area contributed by atoms with Crippen LogP contribution in [0.4, 0.5) is 0 Å². The van der Waals surface area contributed by atoms with Gasteiger partial charge in [-0.1, -0.05) is 96.0 Å². The van der Waals surface area contributed by atoms with Crippen molar-refractivity contribution in [1.29, 1.82) is 0 Å².